The molecule has 4 heteroatoms. The van der Waals surface area contributed by atoms with Gasteiger partial charge in [0.1, 0.15) is 5.82 Å². The Morgan fingerprint density at radius 2 is 2.09 bits per heavy atom. The van der Waals surface area contributed by atoms with Gasteiger partial charge < -0.3 is 10.0 Å². The van der Waals surface area contributed by atoms with Gasteiger partial charge in [0, 0.05) is 23.9 Å². The number of allylic oxidation sites excluding steroid dienone is 4. The van der Waals surface area contributed by atoms with Gasteiger partial charge in [0.25, 0.3) is 0 Å². The van der Waals surface area contributed by atoms with Gasteiger partial charge in [-0.2, -0.15) is 0 Å². The minimum Gasteiger partial charge on any atom is -0.392 e. The molecule has 0 spiro atoms. The second-order valence-electron chi connectivity index (χ2n) is 5.64. The van der Waals surface area contributed by atoms with Crippen molar-refractivity contribution in [2.24, 2.45) is 0 Å². The first-order valence-corrected chi connectivity index (χ1v) is 7.71. The normalized spacial score (nSPS) is 17.2. The molecular formula is C19H17ClFNO. The van der Waals surface area contributed by atoms with E-state index in [4.69, 9.17) is 11.6 Å². The molecule has 0 aromatic heterocycles. The molecule has 118 valence electrons. The molecule has 3 rings (SSSR count). The van der Waals surface area contributed by atoms with Gasteiger partial charge >= 0.3 is 0 Å². The summed E-state index contributed by atoms with van der Waals surface area (Å²) in [6.45, 7) is 6.01. The molecule has 0 radical (unpaired) electrons. The quantitative estimate of drug-likeness (QED) is 0.882. The van der Waals surface area contributed by atoms with Crippen molar-refractivity contribution in [2.45, 2.75) is 13.3 Å². The summed E-state index contributed by atoms with van der Waals surface area (Å²) in [5, 5.41) is 9.66. The molecular weight excluding hydrogens is 313 g/mol. The summed E-state index contributed by atoms with van der Waals surface area (Å²) in [6.07, 6.45) is 8.18. The van der Waals surface area contributed by atoms with Crippen molar-refractivity contribution in [3.63, 3.8) is 0 Å². The monoisotopic (exact) mass is 329 g/mol. The van der Waals surface area contributed by atoms with E-state index in [1.165, 1.54) is 0 Å². The number of aliphatic hydroxyl groups is 1. The van der Waals surface area contributed by atoms with E-state index in [-0.39, 0.29) is 17.4 Å². The van der Waals surface area contributed by atoms with Gasteiger partial charge in [-0.05, 0) is 41.9 Å². The number of hydrogen-bond donors (Lipinski definition) is 1. The van der Waals surface area contributed by atoms with Crippen LogP contribution in [-0.2, 0) is 6.42 Å². The number of benzene rings is 1. The maximum Gasteiger partial charge on any atom is 0.145 e. The molecule has 1 aromatic rings. The van der Waals surface area contributed by atoms with Crippen LogP contribution < -0.4 is 0 Å². The third kappa shape index (κ3) is 2.90. The minimum atomic E-state index is -0.380. The Morgan fingerprint density at radius 1 is 1.30 bits per heavy atom. The lowest BCUT2D eigenvalue weighted by Crippen LogP contribution is -2.24. The molecule has 0 unspecified atom stereocenters. The van der Waals surface area contributed by atoms with Gasteiger partial charge in [-0.25, -0.2) is 4.39 Å². The molecule has 0 atom stereocenters. The predicted molar refractivity (Wildman–Crippen MR) is 91.2 cm³/mol. The highest BCUT2D eigenvalue weighted by Crippen LogP contribution is 2.33. The third-order valence-corrected chi connectivity index (χ3v) is 4.36. The lowest BCUT2D eigenvalue weighted by atomic mass is 9.96. The van der Waals surface area contributed by atoms with Crippen molar-refractivity contribution < 1.29 is 9.50 Å². The largest absolute Gasteiger partial charge is 0.392 e. The van der Waals surface area contributed by atoms with E-state index in [9.17, 15) is 9.50 Å². The Hall–Kier alpha value is -2.10. The third-order valence-electron chi connectivity index (χ3n) is 4.07. The van der Waals surface area contributed by atoms with Crippen LogP contribution in [-0.4, -0.2) is 16.6 Å². The predicted octanol–water partition coefficient (Wildman–Crippen LogP) is 4.50. The number of rotatable bonds is 3. The zero-order valence-electron chi connectivity index (χ0n) is 12.8. The summed E-state index contributed by atoms with van der Waals surface area (Å²) >= 11 is 5.84. The molecule has 0 saturated heterocycles. The first-order chi connectivity index (χ1) is 11.0. The van der Waals surface area contributed by atoms with Crippen LogP contribution in [0.3, 0.4) is 0 Å². The second-order valence-corrected chi connectivity index (χ2v) is 6.05. The van der Waals surface area contributed by atoms with Crippen LogP contribution in [0.5, 0.6) is 0 Å². The minimum absolute atomic E-state index is 0.0348. The maximum absolute atomic E-state index is 14.1. The average molecular weight is 330 g/mol. The average Bonchev–Trinajstić information content (AvgIpc) is 2.55. The van der Waals surface area contributed by atoms with Crippen LogP contribution >= 0.6 is 11.6 Å². The fourth-order valence-corrected chi connectivity index (χ4v) is 2.97. The molecule has 2 heterocycles. The molecule has 0 amide bonds. The van der Waals surface area contributed by atoms with Crippen LogP contribution in [0.4, 0.5) is 4.39 Å². The highest BCUT2D eigenvalue weighted by atomic mass is 35.5. The summed E-state index contributed by atoms with van der Waals surface area (Å²) < 4.78 is 14.1. The van der Waals surface area contributed by atoms with E-state index in [1.807, 2.05) is 36.3 Å². The number of aliphatic hydroxyl groups excluding tert-OH is 1. The summed E-state index contributed by atoms with van der Waals surface area (Å²) in [6, 6.07) is 5.02. The topological polar surface area (TPSA) is 23.5 Å². The van der Waals surface area contributed by atoms with Gasteiger partial charge in [-0.1, -0.05) is 36.4 Å². The molecule has 1 N–H and O–H groups in total. The summed E-state index contributed by atoms with van der Waals surface area (Å²) in [7, 11) is 0. The van der Waals surface area contributed by atoms with E-state index >= 15 is 0 Å². The Kier molecular flexibility index (Phi) is 4.24. The first-order valence-electron chi connectivity index (χ1n) is 7.33. The summed E-state index contributed by atoms with van der Waals surface area (Å²) in [5.41, 5.74) is 5.10. The zero-order chi connectivity index (χ0) is 16.6. The number of hydrogen-bond acceptors (Lipinski definition) is 2. The first kappa shape index (κ1) is 15.8. The number of halogens is 2. The van der Waals surface area contributed by atoms with Crippen LogP contribution in [0.2, 0.25) is 5.02 Å². The summed E-state index contributed by atoms with van der Waals surface area (Å²) in [4.78, 5) is 1.94. The van der Waals surface area contributed by atoms with E-state index in [1.54, 1.807) is 18.2 Å². The highest BCUT2D eigenvalue weighted by molar-refractivity contribution is 6.30. The van der Waals surface area contributed by atoms with E-state index in [0.717, 1.165) is 28.1 Å². The number of fused-ring (bicyclic) bond motifs is 1. The standard InChI is InChI=1S/C19H17ClFNO/c1-12-8-16(11-23)18-7-6-14(10-22(18)13(12)2)9-15-4-3-5-17(20)19(15)21/h3-8,10,23H,2,9,11H2,1H3. The molecule has 0 saturated carbocycles. The van der Waals surface area contributed by atoms with Gasteiger partial charge in [0.05, 0.1) is 17.3 Å². The van der Waals surface area contributed by atoms with Crippen LogP contribution in [0.15, 0.2) is 77.3 Å². The Morgan fingerprint density at radius 3 is 2.83 bits per heavy atom. The Bertz CT molecular complexity index is 802. The second kappa shape index (κ2) is 6.19. The fraction of sp³-hybridized carbons (Fsp3) is 0.158. The maximum atomic E-state index is 14.1. The Labute approximate surface area is 140 Å². The molecule has 0 fully saturated rings. The SMILES string of the molecule is C=C1C(C)=CC(CO)=C2C=CC(Cc3cccc(Cl)c3F)=CN12. The fourth-order valence-electron chi connectivity index (χ4n) is 2.77. The van der Waals surface area contributed by atoms with Crippen molar-refractivity contribution in [3.05, 3.63) is 93.7 Å². The van der Waals surface area contributed by atoms with E-state index in [2.05, 4.69) is 6.58 Å². The summed E-state index contributed by atoms with van der Waals surface area (Å²) in [5.74, 6) is -0.380. The van der Waals surface area contributed by atoms with Crippen LogP contribution in [0, 0.1) is 5.82 Å². The van der Waals surface area contributed by atoms with Gasteiger partial charge in [0.15, 0.2) is 0 Å². The highest BCUT2D eigenvalue weighted by Gasteiger charge is 2.22. The van der Waals surface area contributed by atoms with Gasteiger partial charge in [0.2, 0.25) is 0 Å². The van der Waals surface area contributed by atoms with Gasteiger partial charge in [-0.3, -0.25) is 0 Å². The molecule has 2 aliphatic heterocycles. The van der Waals surface area contributed by atoms with Crippen LogP contribution in [0.25, 0.3) is 0 Å². The zero-order valence-corrected chi connectivity index (χ0v) is 13.6. The molecule has 0 bridgehead atoms. The lowest BCUT2D eigenvalue weighted by Gasteiger charge is -2.33. The molecule has 2 aliphatic rings. The van der Waals surface area contributed by atoms with Crippen LogP contribution in [0.1, 0.15) is 12.5 Å². The van der Waals surface area contributed by atoms with Crippen molar-refractivity contribution in [1.29, 1.82) is 0 Å². The van der Waals surface area contributed by atoms with E-state index in [0.29, 0.717) is 12.0 Å². The van der Waals surface area contributed by atoms with Crippen molar-refractivity contribution in [3.8, 4) is 0 Å². The van der Waals surface area contributed by atoms with E-state index < -0.39 is 0 Å². The molecule has 23 heavy (non-hydrogen) atoms. The molecule has 2 nitrogen and oxygen atoms in total. The lowest BCUT2D eigenvalue weighted by molar-refractivity contribution is 0.330. The molecule has 0 aliphatic carbocycles. The molecule has 1 aromatic carbocycles. The smallest absolute Gasteiger partial charge is 0.145 e. The Balaban J connectivity index is 1.94. The van der Waals surface area contributed by atoms with Crippen molar-refractivity contribution in [1.82, 2.24) is 4.90 Å². The number of nitrogens with zero attached hydrogens (tertiary/aromatic N) is 1. The van der Waals surface area contributed by atoms with Crippen molar-refractivity contribution >= 4 is 11.6 Å². The van der Waals surface area contributed by atoms with Gasteiger partial charge in [-0.15, -0.1) is 0 Å². The van der Waals surface area contributed by atoms with Crippen molar-refractivity contribution in [2.75, 3.05) is 6.61 Å².